The van der Waals surface area contributed by atoms with Crippen molar-refractivity contribution in [3.8, 4) is 0 Å². The van der Waals surface area contributed by atoms with Crippen LogP contribution in [0.1, 0.15) is 0 Å². The molecule has 0 bridgehead atoms. The Hall–Kier alpha value is -0.880. The molecule has 0 atom stereocenters. The van der Waals surface area contributed by atoms with Crippen LogP contribution in [-0.2, 0) is 4.79 Å². The zero-order valence-electron chi connectivity index (χ0n) is 8.29. The van der Waals surface area contributed by atoms with Gasteiger partial charge in [-0.3, -0.25) is 4.79 Å². The van der Waals surface area contributed by atoms with Crippen LogP contribution < -0.4 is 10.6 Å². The number of hydrogen-bond acceptors (Lipinski definition) is 2. The molecule has 1 amide bonds. The number of carbonyl (C=O) groups excluding carboxylic acids is 1. The van der Waals surface area contributed by atoms with E-state index in [0.717, 1.165) is 9.26 Å². The first-order valence-electron chi connectivity index (χ1n) is 4.59. The molecule has 0 spiro atoms. The first-order valence-corrected chi connectivity index (χ1v) is 5.67. The van der Waals surface area contributed by atoms with E-state index in [1.807, 2.05) is 24.3 Å². The molecule has 1 aromatic rings. The van der Waals surface area contributed by atoms with Gasteiger partial charge in [0, 0.05) is 15.8 Å². The van der Waals surface area contributed by atoms with Crippen LogP contribution in [-0.4, -0.2) is 19.0 Å². The summed E-state index contributed by atoms with van der Waals surface area (Å²) in [6.45, 7) is 4.50. The Morgan fingerprint density at radius 1 is 1.40 bits per heavy atom. The van der Waals surface area contributed by atoms with Gasteiger partial charge in [0.05, 0.1) is 6.54 Å². The van der Waals surface area contributed by atoms with Gasteiger partial charge in [0.25, 0.3) is 0 Å². The van der Waals surface area contributed by atoms with Crippen molar-refractivity contribution in [3.63, 3.8) is 0 Å². The second kappa shape index (κ2) is 6.58. The van der Waals surface area contributed by atoms with Crippen molar-refractivity contribution in [1.29, 1.82) is 0 Å². The van der Waals surface area contributed by atoms with Gasteiger partial charge in [-0.05, 0) is 46.9 Å². The van der Waals surface area contributed by atoms with Crippen molar-refractivity contribution >= 4 is 34.2 Å². The molecule has 4 heteroatoms. The summed E-state index contributed by atoms with van der Waals surface area (Å²) in [4.78, 5) is 11.4. The second-order valence-corrected chi connectivity index (χ2v) is 4.22. The number of benzene rings is 1. The Kier molecular flexibility index (Phi) is 5.34. The molecule has 15 heavy (non-hydrogen) atoms. The van der Waals surface area contributed by atoms with Crippen LogP contribution in [0.15, 0.2) is 36.9 Å². The lowest BCUT2D eigenvalue weighted by atomic mass is 10.3. The number of amides is 1. The Labute approximate surface area is 103 Å². The summed E-state index contributed by atoms with van der Waals surface area (Å²) >= 11 is 2.22. The van der Waals surface area contributed by atoms with Crippen molar-refractivity contribution in [2.75, 3.05) is 18.4 Å². The normalized spacial score (nSPS) is 9.67. The van der Waals surface area contributed by atoms with Gasteiger partial charge in [-0.15, -0.1) is 6.58 Å². The van der Waals surface area contributed by atoms with Gasteiger partial charge in [0.1, 0.15) is 0 Å². The number of rotatable bonds is 5. The van der Waals surface area contributed by atoms with E-state index in [1.54, 1.807) is 6.08 Å². The molecule has 0 aliphatic carbocycles. The largest absolute Gasteiger partial charge is 0.325 e. The lowest BCUT2D eigenvalue weighted by Gasteiger charge is -2.05. The van der Waals surface area contributed by atoms with Crippen LogP contribution in [0.5, 0.6) is 0 Å². The van der Waals surface area contributed by atoms with E-state index in [9.17, 15) is 4.79 Å². The number of halogens is 1. The molecule has 0 saturated carbocycles. The van der Waals surface area contributed by atoms with Crippen LogP contribution >= 0.6 is 22.6 Å². The summed E-state index contributed by atoms with van der Waals surface area (Å²) in [5.41, 5.74) is 0.820. The van der Waals surface area contributed by atoms with Crippen molar-refractivity contribution in [3.05, 3.63) is 40.5 Å². The molecule has 0 fully saturated rings. The highest BCUT2D eigenvalue weighted by Crippen LogP contribution is 2.10. The molecular weight excluding hydrogens is 303 g/mol. The smallest absolute Gasteiger partial charge is 0.238 e. The Morgan fingerprint density at radius 2 is 2.07 bits per heavy atom. The van der Waals surface area contributed by atoms with Crippen molar-refractivity contribution in [2.24, 2.45) is 0 Å². The Balaban J connectivity index is 2.37. The third-order valence-electron chi connectivity index (χ3n) is 1.70. The fraction of sp³-hybridized carbons (Fsp3) is 0.182. The third-order valence-corrected chi connectivity index (χ3v) is 2.42. The second-order valence-electron chi connectivity index (χ2n) is 2.97. The first kappa shape index (κ1) is 12.2. The number of nitrogens with one attached hydrogen (secondary N) is 2. The summed E-state index contributed by atoms with van der Waals surface area (Å²) in [6, 6.07) is 7.67. The maximum absolute atomic E-state index is 11.4. The monoisotopic (exact) mass is 316 g/mol. The van der Waals surface area contributed by atoms with Crippen LogP contribution in [0.4, 0.5) is 5.69 Å². The molecule has 0 aliphatic heterocycles. The van der Waals surface area contributed by atoms with Crippen LogP contribution in [0.25, 0.3) is 0 Å². The van der Waals surface area contributed by atoms with Gasteiger partial charge < -0.3 is 10.6 Å². The molecular formula is C11H13IN2O. The number of anilines is 1. The summed E-state index contributed by atoms with van der Waals surface area (Å²) < 4.78 is 1.15. The molecule has 0 radical (unpaired) electrons. The molecule has 0 aromatic heterocycles. The molecule has 0 unspecified atom stereocenters. The first-order chi connectivity index (χ1) is 7.22. The van der Waals surface area contributed by atoms with Gasteiger partial charge in [-0.2, -0.15) is 0 Å². The van der Waals surface area contributed by atoms with Gasteiger partial charge in [0.2, 0.25) is 5.91 Å². The molecule has 1 aromatic carbocycles. The van der Waals surface area contributed by atoms with Gasteiger partial charge >= 0.3 is 0 Å². The van der Waals surface area contributed by atoms with Crippen molar-refractivity contribution in [1.82, 2.24) is 5.32 Å². The van der Waals surface area contributed by atoms with E-state index in [4.69, 9.17) is 0 Å². The van der Waals surface area contributed by atoms with E-state index in [-0.39, 0.29) is 5.91 Å². The summed E-state index contributed by atoms with van der Waals surface area (Å²) in [6.07, 6.45) is 1.72. The topological polar surface area (TPSA) is 41.1 Å². The lowest BCUT2D eigenvalue weighted by Crippen LogP contribution is -2.28. The molecule has 3 nitrogen and oxygen atoms in total. The Morgan fingerprint density at radius 3 is 2.67 bits per heavy atom. The molecule has 0 heterocycles. The van der Waals surface area contributed by atoms with E-state index in [2.05, 4.69) is 39.8 Å². The summed E-state index contributed by atoms with van der Waals surface area (Å²) in [5, 5.41) is 5.72. The Bertz CT molecular complexity index is 335. The summed E-state index contributed by atoms with van der Waals surface area (Å²) in [7, 11) is 0. The number of carbonyl (C=O) groups is 1. The minimum Gasteiger partial charge on any atom is -0.325 e. The molecule has 0 aliphatic rings. The summed E-state index contributed by atoms with van der Waals surface area (Å²) in [5.74, 6) is -0.0435. The zero-order chi connectivity index (χ0) is 11.1. The predicted molar refractivity (Wildman–Crippen MR) is 70.9 cm³/mol. The van der Waals surface area contributed by atoms with Gasteiger partial charge in [-0.25, -0.2) is 0 Å². The standard InChI is InChI=1S/C11H13IN2O/c1-2-7-13-8-11(15)14-10-5-3-9(12)4-6-10/h2-6,13H,1,7-8H2,(H,14,15). The SMILES string of the molecule is C=CCNCC(=O)Nc1ccc(I)cc1. The zero-order valence-corrected chi connectivity index (χ0v) is 10.5. The van der Waals surface area contributed by atoms with Crippen molar-refractivity contribution in [2.45, 2.75) is 0 Å². The van der Waals surface area contributed by atoms with Crippen LogP contribution in [0, 0.1) is 3.57 Å². The predicted octanol–water partition coefficient (Wildman–Crippen LogP) is 2.01. The van der Waals surface area contributed by atoms with E-state index < -0.39 is 0 Å². The highest BCUT2D eigenvalue weighted by atomic mass is 127. The van der Waals surface area contributed by atoms with Crippen LogP contribution in [0.3, 0.4) is 0 Å². The van der Waals surface area contributed by atoms with Crippen molar-refractivity contribution < 1.29 is 4.79 Å². The molecule has 1 rings (SSSR count). The molecule has 0 saturated heterocycles. The fourth-order valence-electron chi connectivity index (χ4n) is 1.03. The average Bonchev–Trinajstić information content (AvgIpc) is 2.22. The molecule has 2 N–H and O–H groups in total. The van der Waals surface area contributed by atoms with E-state index in [0.29, 0.717) is 13.1 Å². The highest BCUT2D eigenvalue weighted by molar-refractivity contribution is 14.1. The van der Waals surface area contributed by atoms with Gasteiger partial charge in [0.15, 0.2) is 0 Å². The third kappa shape index (κ3) is 4.94. The maximum atomic E-state index is 11.4. The van der Waals surface area contributed by atoms with Gasteiger partial charge in [-0.1, -0.05) is 6.08 Å². The number of hydrogen-bond donors (Lipinski definition) is 2. The fourth-order valence-corrected chi connectivity index (χ4v) is 1.39. The molecule has 80 valence electrons. The highest BCUT2D eigenvalue weighted by Gasteiger charge is 2.00. The van der Waals surface area contributed by atoms with E-state index in [1.165, 1.54) is 0 Å². The quantitative estimate of drug-likeness (QED) is 0.496. The van der Waals surface area contributed by atoms with Crippen LogP contribution in [0.2, 0.25) is 0 Å². The maximum Gasteiger partial charge on any atom is 0.238 e. The minimum atomic E-state index is -0.0435. The van der Waals surface area contributed by atoms with E-state index >= 15 is 0 Å². The lowest BCUT2D eigenvalue weighted by molar-refractivity contribution is -0.115. The average molecular weight is 316 g/mol. The minimum absolute atomic E-state index is 0.0435.